The zero-order valence-corrected chi connectivity index (χ0v) is 11.4. The number of amides is 2. The minimum absolute atomic E-state index is 0.200. The van der Waals surface area contributed by atoms with Gasteiger partial charge in [0.1, 0.15) is 0 Å². The average Bonchev–Trinajstić information content (AvgIpc) is 2.91. The van der Waals surface area contributed by atoms with E-state index in [2.05, 4.69) is 5.32 Å². The maximum atomic E-state index is 13.3. The van der Waals surface area contributed by atoms with Crippen LogP contribution in [0.25, 0.3) is 0 Å². The third-order valence-corrected chi connectivity index (χ3v) is 3.42. The second-order valence-corrected chi connectivity index (χ2v) is 4.75. The Balaban J connectivity index is 2.06. The molecule has 1 saturated heterocycles. The Morgan fingerprint density at radius 3 is 2.95 bits per heavy atom. The molecule has 1 N–H and O–H groups in total. The molecule has 6 heteroatoms. The van der Waals surface area contributed by atoms with Crippen molar-refractivity contribution >= 4 is 6.03 Å². The average molecular weight is 284 g/mol. The van der Waals surface area contributed by atoms with E-state index in [4.69, 9.17) is 4.74 Å². The number of hydrogen-bond donors (Lipinski definition) is 1. The molecule has 1 aromatic carbocycles. The number of benzene rings is 1. The number of nitrogens with zero attached hydrogens (tertiary/aromatic N) is 1. The van der Waals surface area contributed by atoms with Gasteiger partial charge in [-0.25, -0.2) is 13.6 Å². The van der Waals surface area contributed by atoms with Crippen LogP contribution in [0.1, 0.15) is 24.4 Å². The number of urea groups is 1. The highest BCUT2D eigenvalue weighted by Gasteiger charge is 2.30. The van der Waals surface area contributed by atoms with Gasteiger partial charge in [-0.1, -0.05) is 6.07 Å². The van der Waals surface area contributed by atoms with E-state index in [1.165, 1.54) is 12.1 Å². The van der Waals surface area contributed by atoms with Gasteiger partial charge in [0.15, 0.2) is 11.6 Å². The largest absolute Gasteiger partial charge is 0.383 e. The monoisotopic (exact) mass is 284 g/mol. The highest BCUT2D eigenvalue weighted by molar-refractivity contribution is 5.75. The lowest BCUT2D eigenvalue weighted by molar-refractivity contribution is 0.176. The molecule has 2 rings (SSSR count). The molecule has 0 radical (unpaired) electrons. The zero-order valence-electron chi connectivity index (χ0n) is 11.4. The maximum absolute atomic E-state index is 13.3. The van der Waals surface area contributed by atoms with Crippen LogP contribution in [-0.4, -0.2) is 37.7 Å². The van der Waals surface area contributed by atoms with Crippen LogP contribution in [-0.2, 0) is 4.74 Å². The molecule has 1 fully saturated rings. The molecule has 2 amide bonds. The molecular formula is C14H18F2N2O2. The van der Waals surface area contributed by atoms with Gasteiger partial charge in [-0.3, -0.25) is 0 Å². The summed E-state index contributed by atoms with van der Waals surface area (Å²) in [6.45, 7) is 1.48. The molecule has 0 aromatic heterocycles. The van der Waals surface area contributed by atoms with Crippen molar-refractivity contribution in [2.24, 2.45) is 0 Å². The first kappa shape index (κ1) is 14.7. The first-order chi connectivity index (χ1) is 9.63. The number of methoxy groups -OCH3 is 1. The van der Waals surface area contributed by atoms with E-state index in [1.54, 1.807) is 12.0 Å². The molecule has 1 aliphatic rings. The third-order valence-electron chi connectivity index (χ3n) is 3.42. The Kier molecular flexibility index (Phi) is 4.89. The van der Waals surface area contributed by atoms with Gasteiger partial charge in [-0.05, 0) is 30.5 Å². The molecule has 1 aromatic rings. The number of carbonyl (C=O) groups is 1. The summed E-state index contributed by atoms with van der Waals surface area (Å²) in [5, 5.41) is 2.75. The third kappa shape index (κ3) is 3.25. The maximum Gasteiger partial charge on any atom is 0.317 e. The van der Waals surface area contributed by atoms with Crippen LogP contribution in [0.4, 0.5) is 13.6 Å². The van der Waals surface area contributed by atoms with Crippen molar-refractivity contribution in [2.75, 3.05) is 26.8 Å². The van der Waals surface area contributed by atoms with Crippen LogP contribution in [0.2, 0.25) is 0 Å². The van der Waals surface area contributed by atoms with Crippen LogP contribution >= 0.6 is 0 Å². The number of rotatable bonds is 4. The summed E-state index contributed by atoms with van der Waals surface area (Å²) in [5.41, 5.74) is 0.628. The van der Waals surface area contributed by atoms with E-state index in [-0.39, 0.29) is 12.1 Å². The number of carbonyl (C=O) groups excluding carboxylic acids is 1. The van der Waals surface area contributed by atoms with Crippen molar-refractivity contribution < 1.29 is 18.3 Å². The topological polar surface area (TPSA) is 41.6 Å². The Morgan fingerprint density at radius 2 is 2.25 bits per heavy atom. The fraction of sp³-hybridized carbons (Fsp3) is 0.500. The van der Waals surface area contributed by atoms with Gasteiger partial charge in [0.2, 0.25) is 0 Å². The van der Waals surface area contributed by atoms with Crippen molar-refractivity contribution in [3.63, 3.8) is 0 Å². The van der Waals surface area contributed by atoms with Crippen LogP contribution in [0, 0.1) is 11.6 Å². The quantitative estimate of drug-likeness (QED) is 0.863. The Hall–Kier alpha value is -1.69. The molecule has 1 heterocycles. The molecule has 0 bridgehead atoms. The molecule has 110 valence electrons. The summed E-state index contributed by atoms with van der Waals surface area (Å²) >= 11 is 0. The Morgan fingerprint density at radius 1 is 1.45 bits per heavy atom. The van der Waals surface area contributed by atoms with Crippen molar-refractivity contribution in [1.29, 1.82) is 0 Å². The minimum Gasteiger partial charge on any atom is -0.383 e. The summed E-state index contributed by atoms with van der Waals surface area (Å²) < 4.78 is 31.1. The molecule has 1 aliphatic heterocycles. The lowest BCUT2D eigenvalue weighted by Crippen LogP contribution is -2.40. The van der Waals surface area contributed by atoms with Gasteiger partial charge in [0, 0.05) is 20.2 Å². The highest BCUT2D eigenvalue weighted by atomic mass is 19.2. The molecule has 20 heavy (non-hydrogen) atoms. The molecule has 1 unspecified atom stereocenters. The second kappa shape index (κ2) is 6.65. The number of likely N-dealkylation sites (tertiary alicyclic amines) is 1. The zero-order chi connectivity index (χ0) is 14.5. The van der Waals surface area contributed by atoms with Crippen LogP contribution in [0.3, 0.4) is 0 Å². The van der Waals surface area contributed by atoms with Gasteiger partial charge in [-0.2, -0.15) is 0 Å². The van der Waals surface area contributed by atoms with Gasteiger partial charge in [-0.15, -0.1) is 0 Å². The normalized spacial score (nSPS) is 18.4. The molecule has 0 spiro atoms. The van der Waals surface area contributed by atoms with Crippen molar-refractivity contribution in [3.05, 3.63) is 35.4 Å². The number of hydrogen-bond acceptors (Lipinski definition) is 2. The summed E-state index contributed by atoms with van der Waals surface area (Å²) in [5.74, 6) is -1.75. The number of halogens is 2. The summed E-state index contributed by atoms with van der Waals surface area (Å²) in [7, 11) is 1.56. The number of ether oxygens (including phenoxy) is 1. The standard InChI is InChI=1S/C14H18F2N2O2/c1-20-8-6-17-14(19)18-7-2-3-13(18)10-4-5-11(15)12(16)9-10/h4-5,9,13H,2-3,6-8H2,1H3,(H,17,19). The van der Waals surface area contributed by atoms with E-state index in [9.17, 15) is 13.6 Å². The van der Waals surface area contributed by atoms with Gasteiger partial charge in [0.05, 0.1) is 12.6 Å². The smallest absolute Gasteiger partial charge is 0.317 e. The van der Waals surface area contributed by atoms with Crippen molar-refractivity contribution in [1.82, 2.24) is 10.2 Å². The molecule has 0 saturated carbocycles. The lowest BCUT2D eigenvalue weighted by atomic mass is 10.0. The molecule has 1 atom stereocenters. The molecular weight excluding hydrogens is 266 g/mol. The van der Waals surface area contributed by atoms with Crippen LogP contribution in [0.15, 0.2) is 18.2 Å². The SMILES string of the molecule is COCCNC(=O)N1CCCC1c1ccc(F)c(F)c1. The lowest BCUT2D eigenvalue weighted by Gasteiger charge is -2.25. The summed E-state index contributed by atoms with van der Waals surface area (Å²) in [6.07, 6.45) is 1.60. The summed E-state index contributed by atoms with van der Waals surface area (Å²) in [6, 6.07) is 3.40. The Bertz CT molecular complexity index is 482. The fourth-order valence-corrected chi connectivity index (χ4v) is 2.44. The van der Waals surface area contributed by atoms with Gasteiger partial charge >= 0.3 is 6.03 Å². The number of nitrogens with one attached hydrogen (secondary N) is 1. The van der Waals surface area contributed by atoms with E-state index in [1.807, 2.05) is 0 Å². The first-order valence-corrected chi connectivity index (χ1v) is 6.62. The predicted molar refractivity (Wildman–Crippen MR) is 70.3 cm³/mol. The van der Waals surface area contributed by atoms with Crippen LogP contribution < -0.4 is 5.32 Å². The first-order valence-electron chi connectivity index (χ1n) is 6.62. The Labute approximate surface area is 116 Å². The van der Waals surface area contributed by atoms with Gasteiger partial charge in [0.25, 0.3) is 0 Å². The predicted octanol–water partition coefficient (Wildman–Crippen LogP) is 2.46. The van der Waals surface area contributed by atoms with Crippen LogP contribution in [0.5, 0.6) is 0 Å². The second-order valence-electron chi connectivity index (χ2n) is 4.75. The van der Waals surface area contributed by atoms with Crippen molar-refractivity contribution in [2.45, 2.75) is 18.9 Å². The molecule has 0 aliphatic carbocycles. The molecule has 4 nitrogen and oxygen atoms in total. The highest BCUT2D eigenvalue weighted by Crippen LogP contribution is 2.32. The van der Waals surface area contributed by atoms with E-state index >= 15 is 0 Å². The fourth-order valence-electron chi connectivity index (χ4n) is 2.44. The van der Waals surface area contributed by atoms with E-state index < -0.39 is 11.6 Å². The van der Waals surface area contributed by atoms with E-state index in [0.717, 1.165) is 18.9 Å². The van der Waals surface area contributed by atoms with Gasteiger partial charge < -0.3 is 15.0 Å². The minimum atomic E-state index is -0.880. The summed E-state index contributed by atoms with van der Waals surface area (Å²) in [4.78, 5) is 13.7. The van der Waals surface area contributed by atoms with E-state index in [0.29, 0.717) is 25.3 Å². The van der Waals surface area contributed by atoms with Crippen molar-refractivity contribution in [3.8, 4) is 0 Å².